The molecule has 0 spiro atoms. The Labute approximate surface area is 125 Å². The first-order valence-electron chi connectivity index (χ1n) is 6.00. The molecule has 0 heterocycles. The summed E-state index contributed by atoms with van der Waals surface area (Å²) in [4.78, 5) is -0.145. The van der Waals surface area contributed by atoms with Crippen LogP contribution in [-0.2, 0) is 10.0 Å². The second-order valence-corrected chi connectivity index (χ2v) is 7.15. The van der Waals surface area contributed by atoms with Crippen LogP contribution in [0.5, 0.6) is 0 Å². The van der Waals surface area contributed by atoms with Gasteiger partial charge in [-0.25, -0.2) is 8.42 Å². The number of hydrogen-bond donors (Lipinski definition) is 2. The van der Waals surface area contributed by atoms with Crippen molar-refractivity contribution in [3.63, 3.8) is 0 Å². The van der Waals surface area contributed by atoms with Crippen molar-refractivity contribution in [1.29, 1.82) is 0 Å². The molecule has 0 aromatic heterocycles. The number of halogens is 3. The quantitative estimate of drug-likeness (QED) is 0.824. The zero-order valence-corrected chi connectivity index (χ0v) is 12.6. The van der Waals surface area contributed by atoms with Crippen molar-refractivity contribution < 1.29 is 21.6 Å². The fraction of sp³-hybridized carbons (Fsp3) is 0.417. The molecule has 1 aliphatic carbocycles. The molecule has 4 nitrogen and oxygen atoms in total. The van der Waals surface area contributed by atoms with E-state index in [0.717, 1.165) is 0 Å². The molecule has 0 unspecified atom stereocenters. The van der Waals surface area contributed by atoms with E-state index in [-0.39, 0.29) is 22.7 Å². The number of rotatable bonds is 4. The second-order valence-electron chi connectivity index (χ2n) is 5.03. The molecule has 0 radical (unpaired) electrons. The lowest BCUT2D eigenvalue weighted by atomic mass is 10.1. The van der Waals surface area contributed by atoms with Gasteiger partial charge in [0.05, 0.1) is 4.90 Å². The molecule has 1 fully saturated rings. The largest absolute Gasteiger partial charge is 0.407 e. The predicted octanol–water partition coefficient (Wildman–Crippen LogP) is 2.00. The number of sulfonamides is 1. The summed E-state index contributed by atoms with van der Waals surface area (Å²) in [6, 6.07) is 3.83. The molecular formula is C12H13F3N2O2S2. The number of nitrogens with two attached hydrogens (primary N) is 1. The van der Waals surface area contributed by atoms with Crippen LogP contribution in [0.1, 0.15) is 24.0 Å². The van der Waals surface area contributed by atoms with Crippen LogP contribution in [0.3, 0.4) is 0 Å². The standard InChI is InChI=1S/C12H13F3N2O2S2/c1-7-6-8(2-3-9(7)10(16)20)21(18,19)17-11(4-5-11)12(13,14)15/h2-3,6,17H,4-5H2,1H3,(H2,16,20). The molecule has 1 aliphatic rings. The van der Waals surface area contributed by atoms with Crippen molar-refractivity contribution in [2.75, 3.05) is 0 Å². The highest BCUT2D eigenvalue weighted by Crippen LogP contribution is 2.49. The molecule has 1 aromatic rings. The zero-order chi connectivity index (χ0) is 16.1. The van der Waals surface area contributed by atoms with Crippen LogP contribution in [0.2, 0.25) is 0 Å². The highest BCUT2D eigenvalue weighted by Gasteiger charge is 2.65. The van der Waals surface area contributed by atoms with Gasteiger partial charge in [-0.15, -0.1) is 0 Å². The molecule has 0 amide bonds. The van der Waals surface area contributed by atoms with Crippen LogP contribution in [0.4, 0.5) is 13.2 Å². The van der Waals surface area contributed by atoms with Crippen LogP contribution in [-0.4, -0.2) is 25.1 Å². The van der Waals surface area contributed by atoms with Gasteiger partial charge < -0.3 is 5.73 Å². The van der Waals surface area contributed by atoms with E-state index < -0.39 is 21.7 Å². The maximum absolute atomic E-state index is 12.8. The van der Waals surface area contributed by atoms with Crippen molar-refractivity contribution in [2.45, 2.75) is 36.4 Å². The third kappa shape index (κ3) is 3.04. The highest BCUT2D eigenvalue weighted by atomic mass is 32.2. The van der Waals surface area contributed by atoms with Crippen molar-refractivity contribution in [3.05, 3.63) is 29.3 Å². The number of aryl methyl sites for hydroxylation is 1. The van der Waals surface area contributed by atoms with Gasteiger partial charge in [-0.3, -0.25) is 0 Å². The summed E-state index contributed by atoms with van der Waals surface area (Å²) in [7, 11) is -4.26. The van der Waals surface area contributed by atoms with Crippen molar-refractivity contribution in [1.82, 2.24) is 4.72 Å². The molecule has 9 heteroatoms. The molecule has 3 N–H and O–H groups in total. The van der Waals surface area contributed by atoms with Crippen LogP contribution >= 0.6 is 12.2 Å². The Kier molecular flexibility index (Phi) is 3.79. The van der Waals surface area contributed by atoms with E-state index in [2.05, 4.69) is 0 Å². The normalized spacial score (nSPS) is 17.5. The number of alkyl halides is 3. The van der Waals surface area contributed by atoms with E-state index in [1.807, 2.05) is 0 Å². The van der Waals surface area contributed by atoms with Crippen LogP contribution in [0.25, 0.3) is 0 Å². The zero-order valence-electron chi connectivity index (χ0n) is 11.0. The average Bonchev–Trinajstić information content (AvgIpc) is 3.07. The topological polar surface area (TPSA) is 72.2 Å². The van der Waals surface area contributed by atoms with Crippen LogP contribution in [0, 0.1) is 6.92 Å². The summed E-state index contributed by atoms with van der Waals surface area (Å²) in [5.74, 6) is 0. The monoisotopic (exact) mass is 338 g/mol. The molecule has 21 heavy (non-hydrogen) atoms. The minimum atomic E-state index is -4.60. The minimum absolute atomic E-state index is 0.0957. The fourth-order valence-electron chi connectivity index (χ4n) is 1.96. The third-order valence-corrected chi connectivity index (χ3v) is 5.15. The van der Waals surface area contributed by atoms with E-state index >= 15 is 0 Å². The van der Waals surface area contributed by atoms with Crippen molar-refractivity contribution in [3.8, 4) is 0 Å². The summed E-state index contributed by atoms with van der Waals surface area (Å²) < 4.78 is 64.4. The van der Waals surface area contributed by atoms with Gasteiger partial charge in [0.1, 0.15) is 10.5 Å². The van der Waals surface area contributed by atoms with Crippen molar-refractivity contribution in [2.24, 2.45) is 5.73 Å². The fourth-order valence-corrected chi connectivity index (χ4v) is 3.72. The summed E-state index contributed by atoms with van der Waals surface area (Å²) in [6.45, 7) is 1.59. The van der Waals surface area contributed by atoms with E-state index in [4.69, 9.17) is 18.0 Å². The smallest absolute Gasteiger partial charge is 0.389 e. The number of thiocarbonyl (C=S) groups is 1. The van der Waals surface area contributed by atoms with E-state index in [1.54, 1.807) is 11.6 Å². The first-order valence-corrected chi connectivity index (χ1v) is 7.89. The Bertz CT molecular complexity index is 695. The first kappa shape index (κ1) is 16.2. The summed E-state index contributed by atoms with van der Waals surface area (Å²) in [5, 5.41) is 0. The molecule has 116 valence electrons. The van der Waals surface area contributed by atoms with Crippen molar-refractivity contribution >= 4 is 27.2 Å². The van der Waals surface area contributed by atoms with Crippen LogP contribution in [0.15, 0.2) is 23.1 Å². The van der Waals surface area contributed by atoms with Gasteiger partial charge in [0.25, 0.3) is 0 Å². The molecule has 1 aromatic carbocycles. The van der Waals surface area contributed by atoms with Gasteiger partial charge in [-0.1, -0.05) is 18.3 Å². The Morgan fingerprint density at radius 3 is 2.33 bits per heavy atom. The summed E-state index contributed by atoms with van der Waals surface area (Å²) in [6.07, 6.45) is -5.10. The molecule has 0 atom stereocenters. The third-order valence-electron chi connectivity index (χ3n) is 3.40. The number of nitrogens with one attached hydrogen (secondary N) is 1. The lowest BCUT2D eigenvalue weighted by Gasteiger charge is -2.20. The van der Waals surface area contributed by atoms with Crippen LogP contribution < -0.4 is 10.5 Å². The average molecular weight is 338 g/mol. The molecule has 0 aliphatic heterocycles. The molecule has 2 rings (SSSR count). The van der Waals surface area contributed by atoms with Gasteiger partial charge in [0.2, 0.25) is 10.0 Å². The first-order chi connectivity index (χ1) is 9.48. The van der Waals surface area contributed by atoms with E-state index in [1.165, 1.54) is 18.2 Å². The Morgan fingerprint density at radius 2 is 1.95 bits per heavy atom. The lowest BCUT2D eigenvalue weighted by Crippen LogP contribution is -2.47. The Hall–Kier alpha value is -1.19. The SMILES string of the molecule is Cc1cc(S(=O)(=O)NC2(C(F)(F)F)CC2)ccc1C(N)=S. The van der Waals surface area contributed by atoms with Gasteiger partial charge in [0.15, 0.2) is 0 Å². The van der Waals surface area contributed by atoms with Gasteiger partial charge >= 0.3 is 6.18 Å². The highest BCUT2D eigenvalue weighted by molar-refractivity contribution is 7.89. The Balaban J connectivity index is 2.33. The Morgan fingerprint density at radius 1 is 1.38 bits per heavy atom. The van der Waals surface area contributed by atoms with Gasteiger partial charge in [0, 0.05) is 5.56 Å². The predicted molar refractivity (Wildman–Crippen MR) is 75.4 cm³/mol. The summed E-state index contributed by atoms with van der Waals surface area (Å²) in [5.41, 5.74) is 4.10. The maximum atomic E-state index is 12.8. The van der Waals surface area contributed by atoms with Gasteiger partial charge in [-0.2, -0.15) is 17.9 Å². The molecular weight excluding hydrogens is 325 g/mol. The number of hydrogen-bond acceptors (Lipinski definition) is 3. The van der Waals surface area contributed by atoms with E-state index in [0.29, 0.717) is 11.1 Å². The lowest BCUT2D eigenvalue weighted by molar-refractivity contribution is -0.160. The molecule has 0 bridgehead atoms. The summed E-state index contributed by atoms with van der Waals surface area (Å²) >= 11 is 4.80. The minimum Gasteiger partial charge on any atom is -0.389 e. The molecule has 0 saturated heterocycles. The molecule has 1 saturated carbocycles. The van der Waals surface area contributed by atoms with E-state index in [9.17, 15) is 21.6 Å². The maximum Gasteiger partial charge on any atom is 0.407 e. The number of benzene rings is 1. The second kappa shape index (κ2) is 4.92. The van der Waals surface area contributed by atoms with Gasteiger partial charge in [-0.05, 0) is 37.5 Å².